The average Bonchev–Trinajstić information content (AvgIpc) is 3.04. The van der Waals surface area contributed by atoms with Crippen LogP contribution in [0.4, 0.5) is 0 Å². The maximum absolute atomic E-state index is 13.3. The molecule has 2 rings (SSSR count). The Balaban J connectivity index is 2.25. The first-order chi connectivity index (χ1) is 13.2. The number of nitrogens with zero attached hydrogens (tertiary/aromatic N) is 3. The van der Waals surface area contributed by atoms with Crippen molar-refractivity contribution in [2.24, 2.45) is 0 Å². The first kappa shape index (κ1) is 23.1. The van der Waals surface area contributed by atoms with Crippen molar-refractivity contribution < 1.29 is 9.32 Å². The maximum atomic E-state index is 13.3. The van der Waals surface area contributed by atoms with E-state index < -0.39 is 0 Å². The van der Waals surface area contributed by atoms with Crippen molar-refractivity contribution in [3.8, 4) is 0 Å². The van der Waals surface area contributed by atoms with Crippen LogP contribution in [-0.2, 0) is 13.1 Å². The Morgan fingerprint density at radius 3 is 1.90 bits per heavy atom. The molecule has 0 atom stereocenters. The fourth-order valence-electron chi connectivity index (χ4n) is 3.64. The highest BCUT2D eigenvalue weighted by molar-refractivity contribution is 5.92. The molecule has 29 heavy (non-hydrogen) atoms. The summed E-state index contributed by atoms with van der Waals surface area (Å²) in [5, 5.41) is 4.12. The number of hydrogen-bond acceptors (Lipinski definition) is 4. The molecule has 0 N–H and O–H groups in total. The van der Waals surface area contributed by atoms with Gasteiger partial charge in [0.2, 0.25) is 0 Å². The van der Waals surface area contributed by atoms with Gasteiger partial charge in [-0.05, 0) is 67.9 Å². The third-order valence-corrected chi connectivity index (χ3v) is 4.95. The molecule has 5 nitrogen and oxygen atoms in total. The lowest BCUT2D eigenvalue weighted by molar-refractivity contribution is 0.0217. The Kier molecular flexibility index (Phi) is 6.63. The van der Waals surface area contributed by atoms with E-state index in [0.717, 1.165) is 5.56 Å². The van der Waals surface area contributed by atoms with Crippen LogP contribution >= 0.6 is 0 Å². The molecule has 2 aromatic rings. The van der Waals surface area contributed by atoms with Gasteiger partial charge in [0, 0.05) is 29.2 Å². The number of carbonyl (C=O) groups is 1. The third kappa shape index (κ3) is 6.17. The zero-order valence-corrected chi connectivity index (χ0v) is 19.5. The molecule has 0 saturated carbocycles. The smallest absolute Gasteiger partial charge is 0.276 e. The quantitative estimate of drug-likeness (QED) is 0.665. The van der Waals surface area contributed by atoms with Gasteiger partial charge in [-0.3, -0.25) is 9.69 Å². The number of benzene rings is 1. The maximum Gasteiger partial charge on any atom is 0.276 e. The lowest BCUT2D eigenvalue weighted by Gasteiger charge is -2.44. The van der Waals surface area contributed by atoms with E-state index in [1.54, 1.807) is 6.07 Å². The van der Waals surface area contributed by atoms with Crippen LogP contribution < -0.4 is 0 Å². The molecule has 0 aliphatic carbocycles. The topological polar surface area (TPSA) is 49.6 Å². The van der Waals surface area contributed by atoms with E-state index in [1.165, 1.54) is 0 Å². The zero-order chi connectivity index (χ0) is 22.0. The summed E-state index contributed by atoms with van der Waals surface area (Å²) in [6, 6.07) is 11.8. The minimum absolute atomic E-state index is 0.0417. The van der Waals surface area contributed by atoms with Gasteiger partial charge < -0.3 is 9.42 Å². The Morgan fingerprint density at radius 1 is 0.862 bits per heavy atom. The summed E-state index contributed by atoms with van der Waals surface area (Å²) in [6.45, 7) is 20.3. The van der Waals surface area contributed by atoms with Crippen molar-refractivity contribution >= 4 is 5.91 Å². The predicted molar refractivity (Wildman–Crippen MR) is 118 cm³/mol. The molecule has 1 heterocycles. The van der Waals surface area contributed by atoms with Crippen molar-refractivity contribution in [1.82, 2.24) is 15.0 Å². The second kappa shape index (κ2) is 8.31. The van der Waals surface area contributed by atoms with E-state index in [2.05, 4.69) is 51.6 Å². The van der Waals surface area contributed by atoms with Gasteiger partial charge in [-0.2, -0.15) is 0 Å². The molecule has 0 saturated heterocycles. The molecule has 0 aliphatic rings. The van der Waals surface area contributed by atoms with Gasteiger partial charge in [0.25, 0.3) is 5.91 Å². The molecular formula is C24H37N3O2. The van der Waals surface area contributed by atoms with E-state index in [4.69, 9.17) is 4.52 Å². The second-order valence-corrected chi connectivity index (χ2v) is 10.7. The van der Waals surface area contributed by atoms with Crippen molar-refractivity contribution in [2.45, 2.75) is 92.0 Å². The summed E-state index contributed by atoms with van der Waals surface area (Å²) in [5.41, 5.74) is 1.02. The molecule has 0 fully saturated rings. The Labute approximate surface area is 176 Å². The Hall–Kier alpha value is -2.14. The summed E-state index contributed by atoms with van der Waals surface area (Å²) in [7, 11) is 0. The average molecular weight is 400 g/mol. The summed E-state index contributed by atoms with van der Waals surface area (Å²) in [5.74, 6) is 0.584. The van der Waals surface area contributed by atoms with Gasteiger partial charge in [-0.1, -0.05) is 35.5 Å². The van der Waals surface area contributed by atoms with Crippen LogP contribution in [0.15, 0.2) is 40.9 Å². The van der Waals surface area contributed by atoms with Gasteiger partial charge in [0.1, 0.15) is 0 Å². The van der Waals surface area contributed by atoms with Crippen LogP contribution in [0.5, 0.6) is 0 Å². The predicted octanol–water partition coefficient (Wildman–Crippen LogP) is 5.51. The molecule has 5 heteroatoms. The highest BCUT2D eigenvalue weighted by Crippen LogP contribution is 2.28. The third-order valence-electron chi connectivity index (χ3n) is 4.95. The highest BCUT2D eigenvalue weighted by Gasteiger charge is 2.34. The molecule has 1 aromatic heterocycles. The summed E-state index contributed by atoms with van der Waals surface area (Å²) in [6.07, 6.45) is 0. The Morgan fingerprint density at radius 2 is 1.41 bits per heavy atom. The summed E-state index contributed by atoms with van der Waals surface area (Å²) in [4.78, 5) is 17.5. The second-order valence-electron chi connectivity index (χ2n) is 10.7. The first-order valence-corrected chi connectivity index (χ1v) is 10.3. The highest BCUT2D eigenvalue weighted by atomic mass is 16.5. The number of aromatic nitrogens is 1. The first-order valence-electron chi connectivity index (χ1n) is 10.3. The van der Waals surface area contributed by atoms with Gasteiger partial charge in [-0.15, -0.1) is 0 Å². The van der Waals surface area contributed by atoms with Gasteiger partial charge >= 0.3 is 0 Å². The van der Waals surface area contributed by atoms with Gasteiger partial charge in [0.05, 0.1) is 6.54 Å². The molecular weight excluding hydrogens is 362 g/mol. The van der Waals surface area contributed by atoms with Crippen LogP contribution in [0.25, 0.3) is 0 Å². The minimum Gasteiger partial charge on any atom is -0.359 e. The fraction of sp³-hybridized carbons (Fsp3) is 0.583. The lowest BCUT2D eigenvalue weighted by Crippen LogP contribution is -2.51. The minimum atomic E-state index is -0.338. The summed E-state index contributed by atoms with van der Waals surface area (Å²) >= 11 is 0. The van der Waals surface area contributed by atoms with Crippen molar-refractivity contribution in [2.75, 3.05) is 0 Å². The molecule has 160 valence electrons. The SMILES string of the molecule is CC(C)(C)N(Cc1ccccc1)C(=O)c1cc(CN(C(C)(C)C)C(C)(C)C)on1. The van der Waals surface area contributed by atoms with Crippen LogP contribution in [0.3, 0.4) is 0 Å². The fourth-order valence-corrected chi connectivity index (χ4v) is 3.64. The van der Waals surface area contributed by atoms with Crippen molar-refractivity contribution in [3.63, 3.8) is 0 Å². The largest absolute Gasteiger partial charge is 0.359 e. The summed E-state index contributed by atoms with van der Waals surface area (Å²) < 4.78 is 5.58. The lowest BCUT2D eigenvalue weighted by atomic mass is 9.96. The number of hydrogen-bond donors (Lipinski definition) is 0. The molecule has 0 bridgehead atoms. The van der Waals surface area contributed by atoms with Crippen molar-refractivity contribution in [1.29, 1.82) is 0 Å². The number of carbonyl (C=O) groups excluding carboxylic acids is 1. The van der Waals surface area contributed by atoms with E-state index >= 15 is 0 Å². The van der Waals surface area contributed by atoms with Crippen LogP contribution in [-0.4, -0.2) is 37.5 Å². The molecule has 0 unspecified atom stereocenters. The van der Waals surface area contributed by atoms with E-state index in [9.17, 15) is 4.79 Å². The van der Waals surface area contributed by atoms with E-state index in [1.807, 2.05) is 56.0 Å². The van der Waals surface area contributed by atoms with E-state index in [-0.39, 0.29) is 22.5 Å². The molecule has 0 radical (unpaired) electrons. The molecule has 0 aliphatic heterocycles. The molecule has 1 amide bonds. The van der Waals surface area contributed by atoms with Gasteiger partial charge in [0.15, 0.2) is 11.5 Å². The van der Waals surface area contributed by atoms with Crippen LogP contribution in [0.1, 0.15) is 84.1 Å². The molecule has 0 spiro atoms. The number of rotatable bonds is 5. The van der Waals surface area contributed by atoms with Gasteiger partial charge in [-0.25, -0.2) is 0 Å². The number of amides is 1. The standard InChI is InChI=1S/C24H37N3O2/c1-22(2,3)26(16-18-13-11-10-12-14-18)21(28)20-15-19(29-25-20)17-27(23(4,5)6)24(7,8)9/h10-15H,16-17H2,1-9H3. The molecule has 1 aromatic carbocycles. The normalized spacial score (nSPS) is 13.0. The van der Waals surface area contributed by atoms with Crippen LogP contribution in [0, 0.1) is 0 Å². The monoisotopic (exact) mass is 399 g/mol. The van der Waals surface area contributed by atoms with Crippen molar-refractivity contribution in [3.05, 3.63) is 53.4 Å². The van der Waals surface area contributed by atoms with E-state index in [0.29, 0.717) is 24.5 Å². The zero-order valence-electron chi connectivity index (χ0n) is 19.5. The van der Waals surface area contributed by atoms with Crippen LogP contribution in [0.2, 0.25) is 0 Å². The Bertz CT molecular complexity index is 791.